The number of thiophene rings is 1. The molecule has 1 heterocycles. The number of nitrogens with one attached hydrogen (secondary N) is 2. The largest absolute Gasteiger partial charge is 0.347 e. The van der Waals surface area contributed by atoms with Gasteiger partial charge in [-0.15, -0.1) is 11.3 Å². The highest BCUT2D eigenvalue weighted by Gasteiger charge is 2.16. The number of benzene rings is 3. The van der Waals surface area contributed by atoms with E-state index in [-0.39, 0.29) is 11.9 Å². The van der Waals surface area contributed by atoms with E-state index in [9.17, 15) is 4.79 Å². The van der Waals surface area contributed by atoms with Crippen molar-refractivity contribution in [2.45, 2.75) is 26.8 Å². The van der Waals surface area contributed by atoms with Gasteiger partial charge in [0.25, 0.3) is 5.91 Å². The van der Waals surface area contributed by atoms with Crippen molar-refractivity contribution in [3.8, 4) is 0 Å². The summed E-state index contributed by atoms with van der Waals surface area (Å²) in [5, 5.41) is 9.99. The first-order valence-corrected chi connectivity index (χ1v) is 10.6. The lowest BCUT2D eigenvalue weighted by Gasteiger charge is -2.18. The molecule has 1 aromatic heterocycles. The van der Waals surface area contributed by atoms with Gasteiger partial charge >= 0.3 is 0 Å². The Kier molecular flexibility index (Phi) is 5.36. The highest BCUT2D eigenvalue weighted by molar-refractivity contribution is 7.16. The fraction of sp³-hybridized carbons (Fsp3) is 0.160. The number of rotatable bonds is 5. The Morgan fingerprint density at radius 1 is 0.931 bits per heavy atom. The molecule has 3 aromatic carbocycles. The van der Waals surface area contributed by atoms with Crippen molar-refractivity contribution in [3.05, 3.63) is 94.4 Å². The van der Waals surface area contributed by atoms with Crippen molar-refractivity contribution in [2.75, 3.05) is 5.32 Å². The standard InChI is InChI=1S/C25H24N2OS/c1-16-11-13-20(27-24-14-12-17(2)29-24)15-23(16)25(28)26-18(3)21-10-6-8-19-7-4-5-9-22(19)21/h4-15,18,27H,1-3H3,(H,26,28)/t18-/m1/s1. The van der Waals surface area contributed by atoms with Crippen LogP contribution in [-0.4, -0.2) is 5.91 Å². The summed E-state index contributed by atoms with van der Waals surface area (Å²) < 4.78 is 0. The van der Waals surface area contributed by atoms with E-state index in [1.807, 2.05) is 50.2 Å². The van der Waals surface area contributed by atoms with Crippen LogP contribution >= 0.6 is 11.3 Å². The van der Waals surface area contributed by atoms with Crippen molar-refractivity contribution < 1.29 is 4.79 Å². The van der Waals surface area contributed by atoms with Crippen LogP contribution in [0.1, 0.15) is 39.3 Å². The summed E-state index contributed by atoms with van der Waals surface area (Å²) in [6.45, 7) is 6.08. The third-order valence-corrected chi connectivity index (χ3v) is 6.04. The smallest absolute Gasteiger partial charge is 0.252 e. The topological polar surface area (TPSA) is 41.1 Å². The number of aryl methyl sites for hydroxylation is 2. The molecular formula is C25H24N2OS. The zero-order valence-corrected chi connectivity index (χ0v) is 17.6. The van der Waals surface area contributed by atoms with Gasteiger partial charge in [-0.05, 0) is 66.9 Å². The Bertz CT molecular complexity index is 1170. The molecule has 0 bridgehead atoms. The fourth-order valence-corrected chi connectivity index (χ4v) is 4.36. The van der Waals surface area contributed by atoms with Crippen LogP contribution in [0.15, 0.2) is 72.8 Å². The van der Waals surface area contributed by atoms with Gasteiger partial charge < -0.3 is 10.6 Å². The number of anilines is 2. The molecule has 2 N–H and O–H groups in total. The average molecular weight is 401 g/mol. The number of carbonyl (C=O) groups is 1. The molecule has 3 nitrogen and oxygen atoms in total. The molecule has 146 valence electrons. The number of fused-ring (bicyclic) bond motifs is 1. The van der Waals surface area contributed by atoms with E-state index in [4.69, 9.17) is 0 Å². The highest BCUT2D eigenvalue weighted by Crippen LogP contribution is 2.27. The first-order valence-electron chi connectivity index (χ1n) is 9.74. The lowest BCUT2D eigenvalue weighted by Crippen LogP contribution is -2.27. The molecule has 1 atom stereocenters. The van der Waals surface area contributed by atoms with Crippen LogP contribution in [-0.2, 0) is 0 Å². The molecule has 0 unspecified atom stereocenters. The van der Waals surface area contributed by atoms with Crippen LogP contribution < -0.4 is 10.6 Å². The first-order chi connectivity index (χ1) is 14.0. The third kappa shape index (κ3) is 4.17. The number of amides is 1. The third-order valence-electron chi connectivity index (χ3n) is 5.13. The van der Waals surface area contributed by atoms with Crippen LogP contribution in [0.25, 0.3) is 10.8 Å². The number of hydrogen-bond acceptors (Lipinski definition) is 3. The maximum absolute atomic E-state index is 13.1. The molecule has 1 amide bonds. The summed E-state index contributed by atoms with van der Waals surface area (Å²) in [4.78, 5) is 14.3. The van der Waals surface area contributed by atoms with Crippen LogP contribution in [0, 0.1) is 13.8 Å². The van der Waals surface area contributed by atoms with E-state index in [1.165, 1.54) is 15.6 Å². The monoisotopic (exact) mass is 400 g/mol. The molecule has 0 spiro atoms. The molecule has 4 heteroatoms. The Labute approximate surface area is 175 Å². The quantitative estimate of drug-likeness (QED) is 0.389. The van der Waals surface area contributed by atoms with Gasteiger partial charge in [-0.2, -0.15) is 0 Å². The second-order valence-corrected chi connectivity index (χ2v) is 8.62. The minimum atomic E-state index is -0.0930. The van der Waals surface area contributed by atoms with E-state index in [0.717, 1.165) is 21.8 Å². The first kappa shape index (κ1) is 19.2. The Balaban J connectivity index is 1.56. The van der Waals surface area contributed by atoms with E-state index >= 15 is 0 Å². The summed E-state index contributed by atoms with van der Waals surface area (Å²) in [5.41, 5.74) is 3.69. The van der Waals surface area contributed by atoms with E-state index in [2.05, 4.69) is 54.0 Å². The molecule has 0 radical (unpaired) electrons. The Morgan fingerprint density at radius 3 is 2.52 bits per heavy atom. The fourth-order valence-electron chi connectivity index (χ4n) is 3.57. The van der Waals surface area contributed by atoms with Gasteiger partial charge in [-0.3, -0.25) is 4.79 Å². The average Bonchev–Trinajstić information content (AvgIpc) is 3.13. The minimum absolute atomic E-state index is 0.0612. The predicted molar refractivity (Wildman–Crippen MR) is 123 cm³/mol. The molecule has 0 aliphatic carbocycles. The van der Waals surface area contributed by atoms with Crippen LogP contribution in [0.2, 0.25) is 0 Å². The van der Waals surface area contributed by atoms with Crippen molar-refractivity contribution in [1.29, 1.82) is 0 Å². The van der Waals surface area contributed by atoms with Gasteiger partial charge in [0.2, 0.25) is 0 Å². The molecule has 0 saturated carbocycles. The van der Waals surface area contributed by atoms with Gasteiger partial charge in [0.1, 0.15) is 0 Å². The summed E-state index contributed by atoms with van der Waals surface area (Å²) in [7, 11) is 0. The summed E-state index contributed by atoms with van der Waals surface area (Å²) in [5.74, 6) is -0.0612. The van der Waals surface area contributed by atoms with Gasteiger partial charge in [-0.25, -0.2) is 0 Å². The van der Waals surface area contributed by atoms with Crippen LogP contribution in [0.5, 0.6) is 0 Å². The number of carbonyl (C=O) groups excluding carboxylic acids is 1. The molecule has 29 heavy (non-hydrogen) atoms. The van der Waals surface area contributed by atoms with Gasteiger partial charge in [0.15, 0.2) is 0 Å². The van der Waals surface area contributed by atoms with Crippen molar-refractivity contribution >= 4 is 38.7 Å². The van der Waals surface area contributed by atoms with Gasteiger partial charge in [0.05, 0.1) is 11.0 Å². The minimum Gasteiger partial charge on any atom is -0.347 e. The van der Waals surface area contributed by atoms with Crippen LogP contribution in [0.3, 0.4) is 0 Å². The highest BCUT2D eigenvalue weighted by atomic mass is 32.1. The van der Waals surface area contributed by atoms with Crippen LogP contribution in [0.4, 0.5) is 10.7 Å². The normalized spacial score (nSPS) is 12.0. The molecule has 0 aliphatic heterocycles. The molecule has 4 aromatic rings. The second kappa shape index (κ2) is 8.10. The molecule has 0 fully saturated rings. The maximum atomic E-state index is 13.1. The Hall–Kier alpha value is -3.11. The second-order valence-electron chi connectivity index (χ2n) is 7.33. The predicted octanol–water partition coefficient (Wildman–Crippen LogP) is 6.75. The number of hydrogen-bond donors (Lipinski definition) is 2. The Morgan fingerprint density at radius 2 is 1.72 bits per heavy atom. The summed E-state index contributed by atoms with van der Waals surface area (Å²) >= 11 is 1.70. The maximum Gasteiger partial charge on any atom is 0.252 e. The lowest BCUT2D eigenvalue weighted by molar-refractivity contribution is 0.0939. The molecule has 4 rings (SSSR count). The van der Waals surface area contributed by atoms with Crippen molar-refractivity contribution in [3.63, 3.8) is 0 Å². The summed E-state index contributed by atoms with van der Waals surface area (Å²) in [6, 6.07) is 24.5. The van der Waals surface area contributed by atoms with E-state index in [1.54, 1.807) is 11.3 Å². The molecule has 0 saturated heterocycles. The summed E-state index contributed by atoms with van der Waals surface area (Å²) in [6.07, 6.45) is 0. The zero-order chi connectivity index (χ0) is 20.4. The van der Waals surface area contributed by atoms with Crippen molar-refractivity contribution in [1.82, 2.24) is 5.32 Å². The SMILES string of the molecule is Cc1ccc(Nc2ccc(C)c(C(=O)N[C@H](C)c3cccc4ccccc34)c2)s1. The van der Waals surface area contributed by atoms with Crippen molar-refractivity contribution in [2.24, 2.45) is 0 Å². The molecular weight excluding hydrogens is 376 g/mol. The van der Waals surface area contributed by atoms with Gasteiger partial charge in [0, 0.05) is 16.1 Å². The van der Waals surface area contributed by atoms with E-state index in [0.29, 0.717) is 5.56 Å². The molecule has 0 aliphatic rings. The zero-order valence-electron chi connectivity index (χ0n) is 16.8. The lowest BCUT2D eigenvalue weighted by atomic mass is 9.99. The van der Waals surface area contributed by atoms with Gasteiger partial charge in [-0.1, -0.05) is 48.5 Å². The van der Waals surface area contributed by atoms with E-state index < -0.39 is 0 Å².